The molecule has 94 valence electrons. The Morgan fingerprint density at radius 1 is 1.53 bits per heavy atom. The quantitative estimate of drug-likeness (QED) is 0.716. The molecule has 0 aliphatic rings. The van der Waals surface area contributed by atoms with E-state index in [2.05, 4.69) is 9.72 Å². The molecule has 0 amide bonds. The molecule has 2 unspecified atom stereocenters. The Labute approximate surface area is 104 Å². The summed E-state index contributed by atoms with van der Waals surface area (Å²) in [6.07, 6.45) is 2.39. The minimum absolute atomic E-state index is 0.309. The summed E-state index contributed by atoms with van der Waals surface area (Å²) in [5.41, 5.74) is 0.923. The van der Waals surface area contributed by atoms with Crippen molar-refractivity contribution in [2.24, 2.45) is 5.92 Å². The first-order valence-corrected chi connectivity index (χ1v) is 6.95. The van der Waals surface area contributed by atoms with Crippen LogP contribution in [0.2, 0.25) is 0 Å². The average molecular weight is 255 g/mol. The molecule has 0 saturated heterocycles. The van der Waals surface area contributed by atoms with Gasteiger partial charge in [0.1, 0.15) is 0 Å². The third-order valence-corrected chi connectivity index (χ3v) is 3.88. The summed E-state index contributed by atoms with van der Waals surface area (Å²) in [6, 6.07) is 5.66. The van der Waals surface area contributed by atoms with Gasteiger partial charge in [-0.1, -0.05) is 13.0 Å². The number of aryl methyl sites for hydroxylation is 1. The molecule has 0 aromatic carbocycles. The molecule has 0 N–H and O–H groups in total. The smallest absolute Gasteiger partial charge is 0.309 e. The van der Waals surface area contributed by atoms with Crippen LogP contribution >= 0.6 is 0 Å². The highest BCUT2D eigenvalue weighted by molar-refractivity contribution is 7.85. The second-order valence-electron chi connectivity index (χ2n) is 3.81. The van der Waals surface area contributed by atoms with Crippen molar-refractivity contribution in [1.29, 1.82) is 0 Å². The maximum absolute atomic E-state index is 11.7. The van der Waals surface area contributed by atoms with Gasteiger partial charge in [0.15, 0.2) is 0 Å². The molecule has 0 saturated carbocycles. The number of rotatable bonds is 6. The van der Waals surface area contributed by atoms with Crippen LogP contribution in [0, 0.1) is 5.92 Å². The number of pyridine rings is 1. The summed E-state index contributed by atoms with van der Waals surface area (Å²) in [5, 5.41) is 0. The van der Waals surface area contributed by atoms with Crippen molar-refractivity contribution in [3.63, 3.8) is 0 Å². The zero-order valence-electron chi connectivity index (χ0n) is 10.1. The third-order valence-electron chi connectivity index (χ3n) is 2.35. The van der Waals surface area contributed by atoms with E-state index in [1.54, 1.807) is 13.1 Å². The van der Waals surface area contributed by atoms with Crippen LogP contribution in [0.25, 0.3) is 0 Å². The van der Waals surface area contributed by atoms with Crippen molar-refractivity contribution < 1.29 is 13.7 Å². The zero-order valence-corrected chi connectivity index (χ0v) is 10.9. The molecule has 0 aliphatic heterocycles. The SMILES string of the molecule is COC(=O)C(C)CS(=O)CCc1ccccn1. The predicted molar refractivity (Wildman–Crippen MR) is 67.0 cm³/mol. The first-order valence-electron chi connectivity index (χ1n) is 5.46. The van der Waals surface area contributed by atoms with Crippen molar-refractivity contribution in [3.05, 3.63) is 30.1 Å². The molecule has 0 aliphatic carbocycles. The maximum Gasteiger partial charge on any atom is 0.309 e. The predicted octanol–water partition coefficient (Wildman–Crippen LogP) is 1.18. The van der Waals surface area contributed by atoms with Crippen molar-refractivity contribution >= 4 is 16.8 Å². The van der Waals surface area contributed by atoms with Crippen LogP contribution in [-0.2, 0) is 26.8 Å². The Kier molecular flexibility index (Phi) is 5.83. The number of esters is 1. The molecular formula is C12H17NO3S. The van der Waals surface area contributed by atoms with Crippen LogP contribution < -0.4 is 0 Å². The van der Waals surface area contributed by atoms with Crippen LogP contribution in [0.3, 0.4) is 0 Å². The van der Waals surface area contributed by atoms with Crippen molar-refractivity contribution in [3.8, 4) is 0 Å². The summed E-state index contributed by atoms with van der Waals surface area (Å²) in [4.78, 5) is 15.3. The average Bonchev–Trinajstić information content (AvgIpc) is 2.36. The molecule has 0 fully saturated rings. The van der Waals surface area contributed by atoms with E-state index in [0.29, 0.717) is 17.9 Å². The van der Waals surface area contributed by atoms with Crippen molar-refractivity contribution in [1.82, 2.24) is 4.98 Å². The van der Waals surface area contributed by atoms with Crippen LogP contribution in [0.5, 0.6) is 0 Å². The first-order chi connectivity index (χ1) is 8.13. The molecule has 17 heavy (non-hydrogen) atoms. The highest BCUT2D eigenvalue weighted by atomic mass is 32.2. The van der Waals surface area contributed by atoms with Gasteiger partial charge in [0.2, 0.25) is 0 Å². The van der Waals surface area contributed by atoms with Crippen LogP contribution in [0.4, 0.5) is 0 Å². The molecule has 1 rings (SSSR count). The lowest BCUT2D eigenvalue weighted by atomic mass is 10.2. The van der Waals surface area contributed by atoms with Gasteiger partial charge in [-0.05, 0) is 12.1 Å². The summed E-state index contributed by atoms with van der Waals surface area (Å²) in [6.45, 7) is 1.73. The Balaban J connectivity index is 2.33. The summed E-state index contributed by atoms with van der Waals surface area (Å²) in [5.74, 6) is 0.249. The lowest BCUT2D eigenvalue weighted by Crippen LogP contribution is -2.21. The van der Waals surface area contributed by atoms with Crippen LogP contribution in [0.15, 0.2) is 24.4 Å². The van der Waals surface area contributed by atoms with Gasteiger partial charge < -0.3 is 4.74 Å². The van der Waals surface area contributed by atoms with E-state index in [0.717, 1.165) is 5.69 Å². The molecule has 0 spiro atoms. The Morgan fingerprint density at radius 2 is 2.29 bits per heavy atom. The molecule has 2 atom stereocenters. The number of methoxy groups -OCH3 is 1. The van der Waals surface area contributed by atoms with Crippen molar-refractivity contribution in [2.45, 2.75) is 13.3 Å². The molecule has 1 aromatic heterocycles. The first kappa shape index (κ1) is 13.8. The van der Waals surface area contributed by atoms with Gasteiger partial charge in [0.05, 0.1) is 13.0 Å². The number of carbonyl (C=O) groups excluding carboxylic acids is 1. The second kappa shape index (κ2) is 7.17. The fraction of sp³-hybridized carbons (Fsp3) is 0.500. The summed E-state index contributed by atoms with van der Waals surface area (Å²) < 4.78 is 16.3. The van der Waals surface area contributed by atoms with E-state index in [4.69, 9.17) is 0 Å². The molecule has 0 radical (unpaired) electrons. The second-order valence-corrected chi connectivity index (χ2v) is 5.43. The summed E-state index contributed by atoms with van der Waals surface area (Å²) in [7, 11) is 0.329. The van der Waals surface area contributed by atoms with E-state index < -0.39 is 10.8 Å². The standard InChI is InChI=1S/C12H17NO3S/c1-10(12(14)16-2)9-17(15)8-6-11-5-3-4-7-13-11/h3-5,7,10H,6,8-9H2,1-2H3. The number of carbonyl (C=O) groups is 1. The third kappa shape index (κ3) is 5.08. The van der Waals surface area contributed by atoms with Gasteiger partial charge in [0, 0.05) is 40.6 Å². The molecule has 1 heterocycles. The van der Waals surface area contributed by atoms with Gasteiger partial charge in [-0.15, -0.1) is 0 Å². The Bertz CT molecular complexity index is 381. The molecule has 5 heteroatoms. The van der Waals surface area contributed by atoms with Crippen LogP contribution in [-0.4, -0.2) is 33.8 Å². The number of nitrogens with zero attached hydrogens (tertiary/aromatic N) is 1. The minimum atomic E-state index is -1.01. The lowest BCUT2D eigenvalue weighted by Gasteiger charge is -2.08. The van der Waals surface area contributed by atoms with Crippen LogP contribution in [0.1, 0.15) is 12.6 Å². The number of hydrogen-bond donors (Lipinski definition) is 0. The van der Waals surface area contributed by atoms with E-state index in [9.17, 15) is 9.00 Å². The van der Waals surface area contributed by atoms with Crippen molar-refractivity contribution in [2.75, 3.05) is 18.6 Å². The lowest BCUT2D eigenvalue weighted by molar-refractivity contribution is -0.144. The van der Waals surface area contributed by atoms with Gasteiger partial charge in [-0.3, -0.25) is 14.0 Å². The Hall–Kier alpha value is -1.23. The minimum Gasteiger partial charge on any atom is -0.469 e. The van der Waals surface area contributed by atoms with Gasteiger partial charge in [0.25, 0.3) is 0 Å². The maximum atomic E-state index is 11.7. The topological polar surface area (TPSA) is 56.3 Å². The largest absolute Gasteiger partial charge is 0.469 e. The van der Waals surface area contributed by atoms with Gasteiger partial charge >= 0.3 is 5.97 Å². The number of hydrogen-bond acceptors (Lipinski definition) is 4. The normalized spacial score (nSPS) is 14.0. The van der Waals surface area contributed by atoms with E-state index in [1.807, 2.05) is 18.2 Å². The zero-order chi connectivity index (χ0) is 12.7. The number of aromatic nitrogens is 1. The van der Waals surface area contributed by atoms with E-state index in [-0.39, 0.29) is 11.9 Å². The number of ether oxygens (including phenoxy) is 1. The fourth-order valence-electron chi connectivity index (χ4n) is 1.40. The van der Waals surface area contributed by atoms with Gasteiger partial charge in [-0.2, -0.15) is 0 Å². The fourth-order valence-corrected chi connectivity index (χ4v) is 2.69. The molecule has 0 bridgehead atoms. The molecule has 1 aromatic rings. The Morgan fingerprint density at radius 3 is 2.88 bits per heavy atom. The highest BCUT2D eigenvalue weighted by Crippen LogP contribution is 2.03. The highest BCUT2D eigenvalue weighted by Gasteiger charge is 2.16. The van der Waals surface area contributed by atoms with Gasteiger partial charge in [-0.25, -0.2) is 0 Å². The monoisotopic (exact) mass is 255 g/mol. The molecule has 4 nitrogen and oxygen atoms in total. The molecular weight excluding hydrogens is 238 g/mol. The van der Waals surface area contributed by atoms with E-state index >= 15 is 0 Å². The summed E-state index contributed by atoms with van der Waals surface area (Å²) >= 11 is 0. The van der Waals surface area contributed by atoms with E-state index in [1.165, 1.54) is 7.11 Å².